The predicted octanol–water partition coefficient (Wildman–Crippen LogP) is 3.90. The van der Waals surface area contributed by atoms with E-state index in [9.17, 15) is 4.79 Å². The molecule has 0 saturated carbocycles. The molecule has 0 N–H and O–H groups in total. The van der Waals surface area contributed by atoms with E-state index in [4.69, 9.17) is 25.8 Å². The Kier molecular flexibility index (Phi) is 5.27. The van der Waals surface area contributed by atoms with Crippen LogP contribution in [0.25, 0.3) is 5.65 Å². The van der Waals surface area contributed by atoms with E-state index in [0.29, 0.717) is 28.6 Å². The third-order valence-corrected chi connectivity index (χ3v) is 4.59. The van der Waals surface area contributed by atoms with Crippen molar-refractivity contribution in [3.63, 3.8) is 0 Å². The van der Waals surface area contributed by atoms with Gasteiger partial charge in [0.15, 0.2) is 0 Å². The van der Waals surface area contributed by atoms with Gasteiger partial charge >= 0.3 is 5.97 Å². The highest BCUT2D eigenvalue weighted by atomic mass is 35.5. The first kappa shape index (κ1) is 17.8. The van der Waals surface area contributed by atoms with Crippen LogP contribution in [-0.2, 0) is 16.1 Å². The molecule has 2 aromatic heterocycles. The molecule has 0 spiro atoms. The van der Waals surface area contributed by atoms with Crippen molar-refractivity contribution in [3.8, 4) is 5.75 Å². The maximum atomic E-state index is 12.2. The van der Waals surface area contributed by atoms with Crippen molar-refractivity contribution < 1.29 is 19.0 Å². The van der Waals surface area contributed by atoms with Gasteiger partial charge in [-0.3, -0.25) is 0 Å². The average molecular weight is 387 g/mol. The van der Waals surface area contributed by atoms with E-state index in [-0.39, 0.29) is 12.7 Å². The molecule has 1 saturated heterocycles. The summed E-state index contributed by atoms with van der Waals surface area (Å²) >= 11 is 5.96. The third kappa shape index (κ3) is 4.40. The Morgan fingerprint density at radius 2 is 2.07 bits per heavy atom. The van der Waals surface area contributed by atoms with Gasteiger partial charge in [-0.25, -0.2) is 9.78 Å². The van der Waals surface area contributed by atoms with Gasteiger partial charge in [-0.1, -0.05) is 11.6 Å². The summed E-state index contributed by atoms with van der Waals surface area (Å²) in [6.45, 7) is 1.43. The molecule has 4 rings (SSSR count). The quantitative estimate of drug-likeness (QED) is 0.601. The molecule has 1 aromatic carbocycles. The normalized spacial score (nSPS) is 16.6. The van der Waals surface area contributed by atoms with Gasteiger partial charge in [0.1, 0.15) is 24.6 Å². The average Bonchev–Trinajstić information content (AvgIpc) is 3.34. The van der Waals surface area contributed by atoms with Crippen molar-refractivity contribution in [2.45, 2.75) is 25.6 Å². The molecule has 1 aliphatic heterocycles. The predicted molar refractivity (Wildman–Crippen MR) is 100 cm³/mol. The van der Waals surface area contributed by atoms with Crippen LogP contribution in [0.2, 0.25) is 5.02 Å². The number of benzene rings is 1. The fourth-order valence-corrected chi connectivity index (χ4v) is 3.13. The zero-order chi connectivity index (χ0) is 18.6. The molecule has 0 radical (unpaired) electrons. The minimum atomic E-state index is -0.407. The zero-order valence-electron chi connectivity index (χ0n) is 14.6. The molecular formula is C20H19ClN2O4. The number of imidazole rings is 1. The number of rotatable bonds is 6. The Balaban J connectivity index is 1.31. The van der Waals surface area contributed by atoms with Crippen LogP contribution in [0.5, 0.6) is 5.75 Å². The van der Waals surface area contributed by atoms with Crippen molar-refractivity contribution in [1.29, 1.82) is 0 Å². The molecule has 0 aliphatic carbocycles. The lowest BCUT2D eigenvalue weighted by Crippen LogP contribution is -2.16. The minimum absolute atomic E-state index is 0.0927. The Bertz CT molecular complexity index is 933. The van der Waals surface area contributed by atoms with Crippen LogP contribution in [0.1, 0.15) is 28.9 Å². The molecule has 1 aliphatic rings. The van der Waals surface area contributed by atoms with E-state index in [1.165, 1.54) is 0 Å². The number of carbonyl (C=O) groups is 1. The highest BCUT2D eigenvalue weighted by Crippen LogP contribution is 2.17. The number of carbonyl (C=O) groups excluding carboxylic acids is 1. The highest BCUT2D eigenvalue weighted by molar-refractivity contribution is 6.30. The standard InChI is InChI=1S/C20H19ClN2O4/c21-15-5-8-19-22-16(11-23(19)10-15)12-27-20(24)14-3-6-17(7-4-14)26-13-18-2-1-9-25-18/h3-8,10-11,18H,1-2,9,12-13H2. The SMILES string of the molecule is O=C(OCc1cn2cc(Cl)ccc2n1)c1ccc(OCC2CCCO2)cc1. The van der Waals surface area contributed by atoms with E-state index in [0.717, 1.165) is 25.1 Å². The van der Waals surface area contributed by atoms with Crippen molar-refractivity contribution in [2.75, 3.05) is 13.2 Å². The summed E-state index contributed by atoms with van der Waals surface area (Å²) in [5.74, 6) is 0.301. The van der Waals surface area contributed by atoms with Gasteiger partial charge in [0.25, 0.3) is 0 Å². The second-order valence-corrected chi connectivity index (χ2v) is 6.83. The maximum absolute atomic E-state index is 12.2. The Hall–Kier alpha value is -2.57. The van der Waals surface area contributed by atoms with E-state index in [1.807, 2.05) is 6.07 Å². The second kappa shape index (κ2) is 7.98. The van der Waals surface area contributed by atoms with E-state index >= 15 is 0 Å². The molecule has 3 aromatic rings. The lowest BCUT2D eigenvalue weighted by Gasteiger charge is -2.11. The third-order valence-electron chi connectivity index (χ3n) is 4.37. The van der Waals surface area contributed by atoms with Gasteiger partial charge in [-0.2, -0.15) is 0 Å². The van der Waals surface area contributed by atoms with Crippen molar-refractivity contribution in [3.05, 3.63) is 65.1 Å². The highest BCUT2D eigenvalue weighted by Gasteiger charge is 2.16. The van der Waals surface area contributed by atoms with Crippen LogP contribution >= 0.6 is 11.6 Å². The second-order valence-electron chi connectivity index (χ2n) is 6.39. The number of aromatic nitrogens is 2. The number of pyridine rings is 1. The number of halogens is 1. The Morgan fingerprint density at radius 3 is 2.85 bits per heavy atom. The topological polar surface area (TPSA) is 62.1 Å². The van der Waals surface area contributed by atoms with Crippen LogP contribution in [0, 0.1) is 0 Å². The van der Waals surface area contributed by atoms with Crippen molar-refractivity contribution in [1.82, 2.24) is 9.38 Å². The number of nitrogens with zero attached hydrogens (tertiary/aromatic N) is 2. The molecule has 140 valence electrons. The molecule has 0 amide bonds. The van der Waals surface area contributed by atoms with Gasteiger partial charge in [0.05, 0.1) is 22.4 Å². The fourth-order valence-electron chi connectivity index (χ4n) is 2.96. The van der Waals surface area contributed by atoms with Gasteiger partial charge in [-0.05, 0) is 49.2 Å². The van der Waals surface area contributed by atoms with Crippen LogP contribution in [0.4, 0.5) is 0 Å². The van der Waals surface area contributed by atoms with E-state index < -0.39 is 5.97 Å². The number of fused-ring (bicyclic) bond motifs is 1. The van der Waals surface area contributed by atoms with Gasteiger partial charge in [0, 0.05) is 19.0 Å². The lowest BCUT2D eigenvalue weighted by molar-refractivity contribution is 0.0468. The van der Waals surface area contributed by atoms with Gasteiger partial charge in [-0.15, -0.1) is 0 Å². The molecule has 1 atom stereocenters. The minimum Gasteiger partial charge on any atom is -0.491 e. The first-order valence-electron chi connectivity index (χ1n) is 8.82. The summed E-state index contributed by atoms with van der Waals surface area (Å²) in [6.07, 6.45) is 5.81. The van der Waals surface area contributed by atoms with E-state index in [2.05, 4.69) is 4.98 Å². The number of ether oxygens (including phenoxy) is 3. The maximum Gasteiger partial charge on any atom is 0.338 e. The number of hydrogen-bond donors (Lipinski definition) is 0. The largest absolute Gasteiger partial charge is 0.491 e. The monoisotopic (exact) mass is 386 g/mol. The van der Waals surface area contributed by atoms with Crippen LogP contribution in [-0.4, -0.2) is 34.7 Å². The van der Waals surface area contributed by atoms with Gasteiger partial charge < -0.3 is 18.6 Å². The number of hydrogen-bond acceptors (Lipinski definition) is 5. The smallest absolute Gasteiger partial charge is 0.338 e. The summed E-state index contributed by atoms with van der Waals surface area (Å²) in [4.78, 5) is 16.6. The van der Waals surface area contributed by atoms with Crippen molar-refractivity contribution >= 4 is 23.2 Å². The van der Waals surface area contributed by atoms with Gasteiger partial charge in [0.2, 0.25) is 0 Å². The number of esters is 1. The van der Waals surface area contributed by atoms with Crippen LogP contribution in [0.15, 0.2) is 48.8 Å². The van der Waals surface area contributed by atoms with Crippen LogP contribution < -0.4 is 4.74 Å². The van der Waals surface area contributed by atoms with E-state index in [1.54, 1.807) is 47.1 Å². The summed E-state index contributed by atoms with van der Waals surface area (Å²) in [5, 5.41) is 0.616. The summed E-state index contributed by atoms with van der Waals surface area (Å²) in [6, 6.07) is 10.5. The zero-order valence-corrected chi connectivity index (χ0v) is 15.4. The van der Waals surface area contributed by atoms with Crippen molar-refractivity contribution in [2.24, 2.45) is 0 Å². The summed E-state index contributed by atoms with van der Waals surface area (Å²) < 4.78 is 18.4. The molecule has 3 heterocycles. The molecule has 1 unspecified atom stereocenters. The summed E-state index contributed by atoms with van der Waals surface area (Å²) in [7, 11) is 0. The summed E-state index contributed by atoms with van der Waals surface area (Å²) in [5.41, 5.74) is 1.87. The first-order chi connectivity index (χ1) is 13.2. The molecular weight excluding hydrogens is 368 g/mol. The molecule has 0 bridgehead atoms. The Morgan fingerprint density at radius 1 is 1.22 bits per heavy atom. The molecule has 27 heavy (non-hydrogen) atoms. The molecule has 6 nitrogen and oxygen atoms in total. The fraction of sp³-hybridized carbons (Fsp3) is 0.300. The lowest BCUT2D eigenvalue weighted by atomic mass is 10.2. The first-order valence-corrected chi connectivity index (χ1v) is 9.20. The Labute approximate surface area is 161 Å². The molecule has 1 fully saturated rings. The van der Waals surface area contributed by atoms with Crippen LogP contribution in [0.3, 0.4) is 0 Å². The molecule has 7 heteroatoms.